The second-order valence-electron chi connectivity index (χ2n) is 5.82. The Morgan fingerprint density at radius 3 is 2.80 bits per heavy atom. The summed E-state index contributed by atoms with van der Waals surface area (Å²) in [7, 11) is -4.34. The van der Waals surface area contributed by atoms with E-state index in [-0.39, 0.29) is 10.4 Å². The van der Waals surface area contributed by atoms with Crippen LogP contribution in [0.25, 0.3) is 22.6 Å². The molecule has 1 aliphatic heterocycles. The van der Waals surface area contributed by atoms with Gasteiger partial charge in [-0.15, -0.1) is 0 Å². The van der Waals surface area contributed by atoms with Crippen molar-refractivity contribution in [1.82, 2.24) is 4.98 Å². The van der Waals surface area contributed by atoms with Gasteiger partial charge in [0.2, 0.25) is 0 Å². The van der Waals surface area contributed by atoms with E-state index in [2.05, 4.69) is 10.3 Å². The summed E-state index contributed by atoms with van der Waals surface area (Å²) in [5.41, 5.74) is 10.7. The number of fused-ring (bicyclic) bond motifs is 2. The third-order valence-electron chi connectivity index (χ3n) is 4.27. The topological polar surface area (TPSA) is 105 Å². The van der Waals surface area contributed by atoms with Crippen LogP contribution >= 0.6 is 0 Å². The smallest absolute Gasteiger partial charge is 0.296 e. The van der Waals surface area contributed by atoms with Gasteiger partial charge in [-0.3, -0.25) is 9.54 Å². The molecule has 6 nitrogen and oxygen atoms in total. The van der Waals surface area contributed by atoms with Gasteiger partial charge in [-0.05, 0) is 35.4 Å². The molecule has 0 spiro atoms. The first kappa shape index (κ1) is 15.6. The standard InChI is InChI=1S/C18H15N3O3S/c19-15-5-1-3-14-12(10-21-17(14)15)9-11-6-7-16(25(22,23)24)18-13(11)4-2-8-20-18/h1-9,21H,10,19H2,(H,22,23,24). The Balaban J connectivity index is 1.92. The van der Waals surface area contributed by atoms with E-state index >= 15 is 0 Å². The Morgan fingerprint density at radius 2 is 2.00 bits per heavy atom. The number of pyridine rings is 1. The van der Waals surface area contributed by atoms with Gasteiger partial charge in [0.1, 0.15) is 4.90 Å². The monoisotopic (exact) mass is 353 g/mol. The molecule has 0 atom stereocenters. The van der Waals surface area contributed by atoms with Gasteiger partial charge in [0, 0.05) is 23.7 Å². The van der Waals surface area contributed by atoms with Crippen molar-refractivity contribution in [2.24, 2.45) is 0 Å². The molecule has 0 fully saturated rings. The van der Waals surface area contributed by atoms with Crippen molar-refractivity contribution in [2.75, 3.05) is 17.6 Å². The van der Waals surface area contributed by atoms with E-state index in [1.165, 1.54) is 12.3 Å². The van der Waals surface area contributed by atoms with Crippen LogP contribution < -0.4 is 11.1 Å². The number of anilines is 2. The molecule has 1 aromatic heterocycles. The number of aromatic nitrogens is 1. The van der Waals surface area contributed by atoms with Crippen LogP contribution in [0.4, 0.5) is 11.4 Å². The molecule has 4 rings (SSSR count). The molecule has 4 N–H and O–H groups in total. The summed E-state index contributed by atoms with van der Waals surface area (Å²) in [6, 6.07) is 12.3. The molecular formula is C18H15N3O3S. The zero-order valence-electron chi connectivity index (χ0n) is 13.1. The largest absolute Gasteiger partial charge is 0.397 e. The maximum Gasteiger partial charge on any atom is 0.296 e. The molecule has 0 unspecified atom stereocenters. The van der Waals surface area contributed by atoms with Gasteiger partial charge in [0.05, 0.1) is 16.9 Å². The van der Waals surface area contributed by atoms with Crippen LogP contribution in [0.5, 0.6) is 0 Å². The fourth-order valence-corrected chi connectivity index (χ4v) is 3.78. The maximum absolute atomic E-state index is 11.6. The summed E-state index contributed by atoms with van der Waals surface area (Å²) in [6.07, 6.45) is 3.48. The lowest BCUT2D eigenvalue weighted by Gasteiger charge is -2.07. The Bertz CT molecular complexity index is 1140. The Morgan fingerprint density at radius 1 is 1.16 bits per heavy atom. The number of nitrogen functional groups attached to an aromatic ring is 1. The average molecular weight is 353 g/mol. The van der Waals surface area contributed by atoms with Crippen LogP contribution in [0.2, 0.25) is 0 Å². The zero-order valence-corrected chi connectivity index (χ0v) is 13.9. The van der Waals surface area contributed by atoms with Gasteiger partial charge in [-0.25, -0.2) is 0 Å². The maximum atomic E-state index is 11.6. The summed E-state index contributed by atoms with van der Waals surface area (Å²) < 4.78 is 32.6. The minimum atomic E-state index is -4.34. The van der Waals surface area contributed by atoms with E-state index in [1.54, 1.807) is 18.2 Å². The number of para-hydroxylation sites is 1. The highest BCUT2D eigenvalue weighted by molar-refractivity contribution is 7.86. The van der Waals surface area contributed by atoms with E-state index < -0.39 is 10.1 Å². The van der Waals surface area contributed by atoms with E-state index in [0.717, 1.165) is 22.4 Å². The number of benzene rings is 2. The van der Waals surface area contributed by atoms with Crippen LogP contribution in [0, 0.1) is 0 Å². The first-order valence-corrected chi connectivity index (χ1v) is 9.08. The van der Waals surface area contributed by atoms with Crippen LogP contribution in [0.3, 0.4) is 0 Å². The number of rotatable bonds is 2. The average Bonchev–Trinajstić information content (AvgIpc) is 2.98. The third kappa shape index (κ3) is 2.63. The van der Waals surface area contributed by atoms with Gasteiger partial charge in [0.15, 0.2) is 0 Å². The summed E-state index contributed by atoms with van der Waals surface area (Å²) in [6.45, 7) is 0.630. The van der Waals surface area contributed by atoms with E-state index in [9.17, 15) is 13.0 Å². The van der Waals surface area contributed by atoms with Crippen molar-refractivity contribution >= 4 is 44.0 Å². The van der Waals surface area contributed by atoms with Crippen molar-refractivity contribution in [3.8, 4) is 0 Å². The lowest BCUT2D eigenvalue weighted by Crippen LogP contribution is -2.01. The first-order valence-electron chi connectivity index (χ1n) is 7.64. The lowest BCUT2D eigenvalue weighted by atomic mass is 10.0. The number of hydrogen-bond acceptors (Lipinski definition) is 5. The van der Waals surface area contributed by atoms with Crippen LogP contribution in [0.1, 0.15) is 11.1 Å². The lowest BCUT2D eigenvalue weighted by molar-refractivity contribution is 0.484. The molecule has 2 heterocycles. The molecular weight excluding hydrogens is 338 g/mol. The molecule has 1 aliphatic rings. The third-order valence-corrected chi connectivity index (χ3v) is 5.16. The molecule has 25 heavy (non-hydrogen) atoms. The second-order valence-corrected chi connectivity index (χ2v) is 7.21. The molecule has 0 radical (unpaired) electrons. The van der Waals surface area contributed by atoms with Crippen molar-refractivity contribution < 1.29 is 13.0 Å². The fourth-order valence-electron chi connectivity index (χ4n) is 3.13. The van der Waals surface area contributed by atoms with Crippen molar-refractivity contribution in [2.45, 2.75) is 4.90 Å². The predicted octanol–water partition coefficient (Wildman–Crippen LogP) is 3.03. The number of nitrogens with two attached hydrogens (primary N) is 1. The van der Waals surface area contributed by atoms with Gasteiger partial charge < -0.3 is 11.1 Å². The van der Waals surface area contributed by atoms with E-state index in [4.69, 9.17) is 5.73 Å². The normalized spacial score (nSPS) is 15.3. The molecule has 7 heteroatoms. The molecule has 126 valence electrons. The molecule has 0 saturated carbocycles. The first-order chi connectivity index (χ1) is 11.9. The molecule has 3 aromatic rings. The van der Waals surface area contributed by atoms with E-state index in [1.807, 2.05) is 24.3 Å². The fraction of sp³-hybridized carbons (Fsp3) is 0.0556. The van der Waals surface area contributed by atoms with Crippen molar-refractivity contribution in [1.29, 1.82) is 0 Å². The summed E-state index contributed by atoms with van der Waals surface area (Å²) in [5.74, 6) is 0. The Kier molecular flexibility index (Phi) is 3.48. The molecule has 0 amide bonds. The SMILES string of the molecule is Nc1cccc2c1NCC2=Cc1ccc(S(=O)(=O)O)c2ncccc12. The second kappa shape index (κ2) is 5.58. The number of nitrogens with one attached hydrogen (secondary N) is 1. The highest BCUT2D eigenvalue weighted by Crippen LogP contribution is 2.37. The van der Waals surface area contributed by atoms with Crippen molar-refractivity contribution in [3.05, 3.63) is 59.8 Å². The quantitative estimate of drug-likeness (QED) is 0.483. The van der Waals surface area contributed by atoms with E-state index in [0.29, 0.717) is 17.6 Å². The Labute approximate surface area is 144 Å². The molecule has 0 saturated heterocycles. The van der Waals surface area contributed by atoms with Gasteiger partial charge >= 0.3 is 0 Å². The van der Waals surface area contributed by atoms with Gasteiger partial charge in [-0.1, -0.05) is 24.3 Å². The molecule has 0 aliphatic carbocycles. The van der Waals surface area contributed by atoms with Crippen LogP contribution in [0.15, 0.2) is 53.6 Å². The highest BCUT2D eigenvalue weighted by Gasteiger charge is 2.19. The predicted molar refractivity (Wildman–Crippen MR) is 98.8 cm³/mol. The minimum absolute atomic E-state index is 0.195. The summed E-state index contributed by atoms with van der Waals surface area (Å²) in [4.78, 5) is 3.94. The summed E-state index contributed by atoms with van der Waals surface area (Å²) in [5, 5.41) is 3.93. The van der Waals surface area contributed by atoms with Crippen LogP contribution in [-0.4, -0.2) is 24.5 Å². The molecule has 2 aromatic carbocycles. The number of nitrogens with zero attached hydrogens (tertiary/aromatic N) is 1. The summed E-state index contributed by atoms with van der Waals surface area (Å²) >= 11 is 0. The van der Waals surface area contributed by atoms with Crippen LogP contribution in [-0.2, 0) is 10.1 Å². The minimum Gasteiger partial charge on any atom is -0.397 e. The Hall–Kier alpha value is -2.90. The highest BCUT2D eigenvalue weighted by atomic mass is 32.2. The molecule has 0 bridgehead atoms. The van der Waals surface area contributed by atoms with Crippen molar-refractivity contribution in [3.63, 3.8) is 0 Å². The zero-order chi connectivity index (χ0) is 17.6. The number of hydrogen-bond donors (Lipinski definition) is 3. The van der Waals surface area contributed by atoms with Gasteiger partial charge in [0.25, 0.3) is 10.1 Å². The van der Waals surface area contributed by atoms with Gasteiger partial charge in [-0.2, -0.15) is 8.42 Å².